The number of rotatable bonds is 11. The smallest absolute Gasteiger partial charge is 0.274 e. The number of phosphoric ester groups is 2. The highest BCUT2D eigenvalue weighted by Crippen LogP contribution is 2.56. The molecule has 2 saturated heterocycles. The van der Waals surface area contributed by atoms with E-state index in [0.717, 1.165) is 6.33 Å². The second kappa shape index (κ2) is 12.5. The van der Waals surface area contributed by atoms with Crippen molar-refractivity contribution in [1.29, 1.82) is 0 Å². The van der Waals surface area contributed by atoms with Gasteiger partial charge in [0, 0.05) is 18.0 Å². The number of hydrogen-bond donors (Lipinski definition) is 6. The number of amides is 1. The third kappa shape index (κ3) is 6.70. The molecule has 3 aliphatic heterocycles. The Morgan fingerprint density at radius 3 is 2.18 bits per heavy atom. The number of allylic oxidation sites excluding steroid dienone is 1. The molecule has 3 aliphatic rings. The van der Waals surface area contributed by atoms with Gasteiger partial charge in [0.2, 0.25) is 5.91 Å². The highest BCUT2D eigenvalue weighted by Gasteiger charge is 2.47. The van der Waals surface area contributed by atoms with Gasteiger partial charge < -0.3 is 65.1 Å². The number of carbonyl (C=O) groups excluding carboxylic acids is 1. The van der Waals surface area contributed by atoms with Crippen LogP contribution in [0, 0.1) is 0 Å². The molecule has 0 aromatic carbocycles. The van der Waals surface area contributed by atoms with Gasteiger partial charge in [-0.1, -0.05) is 6.08 Å². The molecule has 5 heterocycles. The summed E-state index contributed by atoms with van der Waals surface area (Å²) in [6, 6.07) is 0. The molecule has 0 saturated carbocycles. The van der Waals surface area contributed by atoms with E-state index in [-0.39, 0.29) is 29.0 Å². The Balaban J connectivity index is 1.15. The lowest BCUT2D eigenvalue weighted by Gasteiger charge is -2.32. The number of aliphatic hydroxyl groups excluding tert-OH is 4. The fraction of sp³-hybridized carbons (Fsp3) is 0.524. The van der Waals surface area contributed by atoms with Gasteiger partial charge in [-0.05, 0) is 6.42 Å². The Labute approximate surface area is 247 Å². The standard InChI is InChI=1S/C21H29N7O14P2/c22-17-12-19(25-7-24-17)28(8-26-12)21-16(32)14(30)11(41-21)6-39-44(36,37)42-43(34,35)38-5-10-13(29)15(31)20(40-10)27-3-1-2-9(4-27)18(23)33/h1,3-4,7-8,10-11,13-16,20-21,29-32H,2,5-6H2,(H2,23,33)(H,34,35)(H,36,37)(H2,22,24,25)/p-2/t10-,11-,13?,14?,15+,16+,20-,21-/m1/s1. The van der Waals surface area contributed by atoms with Crippen molar-refractivity contribution in [2.75, 3.05) is 18.9 Å². The lowest BCUT2D eigenvalue weighted by molar-refractivity contribution is -0.246. The highest BCUT2D eigenvalue weighted by atomic mass is 31.3. The minimum Gasteiger partial charge on any atom is -0.756 e. The topological polar surface area (TPSA) is 323 Å². The first-order chi connectivity index (χ1) is 20.7. The minimum absolute atomic E-state index is 0.0375. The van der Waals surface area contributed by atoms with Gasteiger partial charge in [-0.25, -0.2) is 19.3 Å². The summed E-state index contributed by atoms with van der Waals surface area (Å²) in [6.07, 6.45) is -5.32. The van der Waals surface area contributed by atoms with E-state index in [1.165, 1.54) is 28.2 Å². The SMILES string of the molecule is NC(=O)C1=CN([C@@H]2O[C@H](COP(=O)([O-])OP(=O)([O-])OC[C@H]3O[C@@H](n4cnc5c(N)ncnc54)[C@@H](O)C3O)C(O)[C@@H]2O)C=CC1. The largest absolute Gasteiger partial charge is 0.756 e. The quantitative estimate of drug-likeness (QED) is 0.125. The van der Waals surface area contributed by atoms with Crippen LogP contribution in [0.15, 0.2) is 36.7 Å². The predicted molar refractivity (Wildman–Crippen MR) is 137 cm³/mol. The number of ether oxygens (including phenoxy) is 2. The van der Waals surface area contributed by atoms with Crippen LogP contribution in [0.5, 0.6) is 0 Å². The number of carbonyl (C=O) groups is 1. The number of nitrogens with two attached hydrogens (primary N) is 2. The fourth-order valence-corrected chi connectivity index (χ4v) is 6.68. The Bertz CT molecular complexity index is 1560. The van der Waals surface area contributed by atoms with Crippen LogP contribution in [0.1, 0.15) is 12.6 Å². The Morgan fingerprint density at radius 1 is 0.977 bits per heavy atom. The molecule has 0 spiro atoms. The van der Waals surface area contributed by atoms with Crippen LogP contribution in [0.25, 0.3) is 11.2 Å². The van der Waals surface area contributed by atoms with E-state index in [2.05, 4.69) is 28.3 Å². The van der Waals surface area contributed by atoms with Crippen LogP contribution in [-0.4, -0.2) is 107 Å². The molecule has 2 aromatic heterocycles. The molecule has 2 aromatic rings. The van der Waals surface area contributed by atoms with E-state index in [9.17, 15) is 44.1 Å². The van der Waals surface area contributed by atoms with Crippen LogP contribution in [0.4, 0.5) is 5.82 Å². The van der Waals surface area contributed by atoms with E-state index in [4.69, 9.17) is 20.9 Å². The van der Waals surface area contributed by atoms with Crippen molar-refractivity contribution in [1.82, 2.24) is 24.4 Å². The molecule has 0 radical (unpaired) electrons. The van der Waals surface area contributed by atoms with Crippen molar-refractivity contribution in [3.8, 4) is 0 Å². The van der Waals surface area contributed by atoms with Crippen molar-refractivity contribution < 1.29 is 67.0 Å². The van der Waals surface area contributed by atoms with Gasteiger partial charge in [0.1, 0.15) is 48.5 Å². The van der Waals surface area contributed by atoms with Gasteiger partial charge in [-0.15, -0.1) is 0 Å². The first-order valence-corrected chi connectivity index (χ1v) is 15.6. The highest BCUT2D eigenvalue weighted by molar-refractivity contribution is 7.59. The number of nitrogen functional groups attached to an aromatic ring is 1. The normalized spacial score (nSPS) is 33.3. The van der Waals surface area contributed by atoms with Crippen molar-refractivity contribution in [3.63, 3.8) is 0 Å². The molecular formula is C21H27N7O14P2-2. The van der Waals surface area contributed by atoms with E-state index < -0.39 is 83.8 Å². The van der Waals surface area contributed by atoms with Gasteiger partial charge in [0.15, 0.2) is 23.9 Å². The molecule has 0 aliphatic carbocycles. The molecular weight excluding hydrogens is 636 g/mol. The second-order valence-corrected chi connectivity index (χ2v) is 12.8. The minimum atomic E-state index is -5.68. The van der Waals surface area contributed by atoms with Gasteiger partial charge in [-0.3, -0.25) is 18.5 Å². The number of anilines is 1. The van der Waals surface area contributed by atoms with Crippen LogP contribution in [0.3, 0.4) is 0 Å². The molecule has 44 heavy (non-hydrogen) atoms. The van der Waals surface area contributed by atoms with Crippen LogP contribution < -0.4 is 21.3 Å². The first-order valence-electron chi connectivity index (χ1n) is 12.7. The molecule has 10 atom stereocenters. The summed E-state index contributed by atoms with van der Waals surface area (Å²) in [5.41, 5.74) is 11.5. The number of aliphatic hydroxyl groups is 4. The summed E-state index contributed by atoms with van der Waals surface area (Å²) in [5.74, 6) is -0.686. The average Bonchev–Trinajstić information content (AvgIpc) is 3.61. The molecule has 5 rings (SSSR count). The number of aromatic nitrogens is 4. The van der Waals surface area contributed by atoms with Gasteiger partial charge in [0.25, 0.3) is 15.6 Å². The van der Waals surface area contributed by atoms with Gasteiger partial charge >= 0.3 is 0 Å². The third-order valence-electron chi connectivity index (χ3n) is 6.86. The Morgan fingerprint density at radius 2 is 1.57 bits per heavy atom. The Hall–Kier alpha value is -2.88. The molecule has 4 unspecified atom stereocenters. The first kappa shape index (κ1) is 32.5. The molecule has 0 bridgehead atoms. The van der Waals surface area contributed by atoms with Gasteiger partial charge in [0.05, 0.1) is 19.5 Å². The lowest BCUT2D eigenvalue weighted by Crippen LogP contribution is -2.40. The van der Waals surface area contributed by atoms with Crippen molar-refractivity contribution in [2.45, 2.75) is 55.5 Å². The molecule has 1 amide bonds. The summed E-state index contributed by atoms with van der Waals surface area (Å²) in [5, 5.41) is 41.5. The fourth-order valence-electron chi connectivity index (χ4n) is 4.66. The maximum atomic E-state index is 12.3. The van der Waals surface area contributed by atoms with Crippen LogP contribution >= 0.6 is 15.6 Å². The molecule has 242 valence electrons. The van der Waals surface area contributed by atoms with E-state index >= 15 is 0 Å². The number of fused-ring (bicyclic) bond motifs is 1. The molecule has 8 N–H and O–H groups in total. The molecule has 2 fully saturated rings. The van der Waals surface area contributed by atoms with Crippen LogP contribution in [0.2, 0.25) is 0 Å². The summed E-state index contributed by atoms with van der Waals surface area (Å²) >= 11 is 0. The predicted octanol–water partition coefficient (Wildman–Crippen LogP) is -3.95. The summed E-state index contributed by atoms with van der Waals surface area (Å²) in [6.45, 7) is -1.97. The van der Waals surface area contributed by atoms with Crippen molar-refractivity contribution in [3.05, 3.63) is 36.7 Å². The molecule has 21 nitrogen and oxygen atoms in total. The Kier molecular flexibility index (Phi) is 9.23. The number of hydrogen-bond acceptors (Lipinski definition) is 19. The van der Waals surface area contributed by atoms with Gasteiger partial charge in [-0.2, -0.15) is 0 Å². The third-order valence-corrected chi connectivity index (χ3v) is 9.39. The average molecular weight is 663 g/mol. The summed E-state index contributed by atoms with van der Waals surface area (Å²) in [4.78, 5) is 49.0. The number of imidazole rings is 1. The zero-order chi connectivity index (χ0) is 32.0. The zero-order valence-electron chi connectivity index (χ0n) is 22.3. The van der Waals surface area contributed by atoms with E-state index in [0.29, 0.717) is 0 Å². The maximum absolute atomic E-state index is 12.3. The van der Waals surface area contributed by atoms with Crippen molar-refractivity contribution >= 4 is 38.5 Å². The molecule has 23 heteroatoms. The second-order valence-electron chi connectivity index (χ2n) is 9.80. The number of nitrogens with zero attached hydrogens (tertiary/aromatic N) is 5. The van der Waals surface area contributed by atoms with E-state index in [1.807, 2.05) is 0 Å². The maximum Gasteiger partial charge on any atom is 0.274 e. The lowest BCUT2D eigenvalue weighted by atomic mass is 10.1. The van der Waals surface area contributed by atoms with Crippen molar-refractivity contribution in [2.24, 2.45) is 5.73 Å². The summed E-state index contributed by atoms with van der Waals surface area (Å²) < 4.78 is 49.9. The number of primary amides is 1. The number of phosphoric acid groups is 2. The van der Waals surface area contributed by atoms with Crippen LogP contribution in [-0.2, 0) is 36.8 Å². The zero-order valence-corrected chi connectivity index (χ0v) is 24.1. The monoisotopic (exact) mass is 663 g/mol. The summed E-state index contributed by atoms with van der Waals surface area (Å²) in [7, 11) is -11.4. The van der Waals surface area contributed by atoms with E-state index in [1.54, 1.807) is 6.08 Å².